The van der Waals surface area contributed by atoms with E-state index >= 15 is 0 Å². The van der Waals surface area contributed by atoms with Crippen LogP contribution in [0.5, 0.6) is 0 Å². The zero-order valence-corrected chi connectivity index (χ0v) is 21.3. The van der Waals surface area contributed by atoms with Crippen LogP contribution in [-0.2, 0) is 0 Å². The van der Waals surface area contributed by atoms with Crippen molar-refractivity contribution in [3.63, 3.8) is 0 Å². The average Bonchev–Trinajstić information content (AvgIpc) is 3.53. The van der Waals surface area contributed by atoms with Gasteiger partial charge in [-0.05, 0) is 65.0 Å². The Kier molecular flexibility index (Phi) is 7.08. The van der Waals surface area contributed by atoms with E-state index in [0.717, 1.165) is 82.2 Å². The number of amides is 2. The van der Waals surface area contributed by atoms with Crippen LogP contribution in [-0.4, -0.2) is 93.8 Å². The second-order valence-electron chi connectivity index (χ2n) is 10.4. The summed E-state index contributed by atoms with van der Waals surface area (Å²) in [7, 11) is 4.05. The summed E-state index contributed by atoms with van der Waals surface area (Å²) in [5.74, 6) is 2.05. The number of rotatable bonds is 9. The Balaban J connectivity index is 1.21. The predicted molar refractivity (Wildman–Crippen MR) is 137 cm³/mol. The third-order valence-corrected chi connectivity index (χ3v) is 7.40. The first kappa shape index (κ1) is 23.8. The third-order valence-electron chi connectivity index (χ3n) is 7.40. The topological polar surface area (TPSA) is 94.5 Å². The minimum atomic E-state index is 0.148. The van der Waals surface area contributed by atoms with Gasteiger partial charge in [-0.15, -0.1) is 0 Å². The second-order valence-corrected chi connectivity index (χ2v) is 10.4. The summed E-state index contributed by atoms with van der Waals surface area (Å²) in [6, 6.07) is 0.565. The summed E-state index contributed by atoms with van der Waals surface area (Å²) in [4.78, 5) is 28.1. The fourth-order valence-electron chi connectivity index (χ4n) is 5.09. The van der Waals surface area contributed by atoms with Crippen molar-refractivity contribution in [3.8, 4) is 0 Å². The van der Waals surface area contributed by atoms with E-state index in [1.54, 1.807) is 0 Å². The average molecular weight is 482 g/mol. The number of nitrogens with zero attached hydrogens (tertiary/aromatic N) is 7. The Morgan fingerprint density at radius 1 is 1.11 bits per heavy atom. The Bertz CT molecular complexity index is 1030. The number of carbonyl (C=O) groups is 1. The molecule has 190 valence electrons. The molecular formula is C25H39N9O. The number of anilines is 3. The summed E-state index contributed by atoms with van der Waals surface area (Å²) in [5.41, 5.74) is 3.10. The molecule has 2 aromatic heterocycles. The van der Waals surface area contributed by atoms with Crippen LogP contribution in [0.4, 0.5) is 22.2 Å². The molecule has 0 radical (unpaired) electrons. The zero-order valence-electron chi connectivity index (χ0n) is 21.3. The van der Waals surface area contributed by atoms with E-state index < -0.39 is 0 Å². The highest BCUT2D eigenvalue weighted by Crippen LogP contribution is 2.43. The molecule has 2 N–H and O–H groups in total. The van der Waals surface area contributed by atoms with Crippen molar-refractivity contribution >= 4 is 23.5 Å². The van der Waals surface area contributed by atoms with Crippen molar-refractivity contribution in [3.05, 3.63) is 23.7 Å². The van der Waals surface area contributed by atoms with Gasteiger partial charge in [-0.3, -0.25) is 4.68 Å². The van der Waals surface area contributed by atoms with Crippen molar-refractivity contribution < 1.29 is 4.79 Å². The summed E-state index contributed by atoms with van der Waals surface area (Å²) in [5, 5.41) is 11.7. The Hall–Kier alpha value is -2.88. The van der Waals surface area contributed by atoms with Gasteiger partial charge in [0.15, 0.2) is 0 Å². The number of nitrogens with one attached hydrogen (secondary N) is 2. The molecule has 3 aliphatic rings. The van der Waals surface area contributed by atoms with E-state index in [0.29, 0.717) is 17.9 Å². The number of aryl methyl sites for hydroxylation is 1. The maximum Gasteiger partial charge on any atom is 0.319 e. The summed E-state index contributed by atoms with van der Waals surface area (Å²) in [6.07, 6.45) is 10.6. The molecule has 2 aliphatic heterocycles. The third kappa shape index (κ3) is 5.69. The normalized spacial score (nSPS) is 21.5. The highest BCUT2D eigenvalue weighted by molar-refractivity contribution is 5.74. The van der Waals surface area contributed by atoms with Crippen molar-refractivity contribution in [1.82, 2.24) is 34.4 Å². The van der Waals surface area contributed by atoms with Crippen LogP contribution in [0.15, 0.2) is 12.4 Å². The van der Waals surface area contributed by atoms with Crippen LogP contribution < -0.4 is 10.6 Å². The Morgan fingerprint density at radius 3 is 2.71 bits per heavy atom. The van der Waals surface area contributed by atoms with E-state index in [1.165, 1.54) is 18.4 Å². The molecule has 1 atom stereocenters. The number of hydrogen-bond acceptors (Lipinski definition) is 7. The Morgan fingerprint density at radius 2 is 1.94 bits per heavy atom. The highest BCUT2D eigenvalue weighted by atomic mass is 16.2. The monoisotopic (exact) mass is 481 g/mol. The van der Waals surface area contributed by atoms with Gasteiger partial charge in [0.2, 0.25) is 5.95 Å². The predicted octanol–water partition coefficient (Wildman–Crippen LogP) is 3.43. The minimum absolute atomic E-state index is 0.148. The van der Waals surface area contributed by atoms with Crippen LogP contribution in [0.25, 0.3) is 0 Å². The molecule has 1 aliphatic carbocycles. The van der Waals surface area contributed by atoms with Crippen molar-refractivity contribution in [2.75, 3.05) is 64.0 Å². The molecule has 0 bridgehead atoms. The van der Waals surface area contributed by atoms with E-state index in [9.17, 15) is 4.79 Å². The highest BCUT2D eigenvalue weighted by Gasteiger charge is 2.28. The Labute approximate surface area is 208 Å². The van der Waals surface area contributed by atoms with Crippen LogP contribution in [0.3, 0.4) is 0 Å². The van der Waals surface area contributed by atoms with Gasteiger partial charge in [-0.1, -0.05) is 0 Å². The molecule has 1 saturated carbocycles. The van der Waals surface area contributed by atoms with Gasteiger partial charge < -0.3 is 25.3 Å². The van der Waals surface area contributed by atoms with Crippen LogP contribution >= 0.6 is 0 Å². The number of urea groups is 1. The molecule has 2 aromatic rings. The molecule has 1 unspecified atom stereocenters. The molecule has 2 saturated heterocycles. The molecule has 10 nitrogen and oxygen atoms in total. The van der Waals surface area contributed by atoms with Gasteiger partial charge in [0.1, 0.15) is 5.82 Å². The minimum Gasteiger partial charge on any atom is -0.370 e. The van der Waals surface area contributed by atoms with Gasteiger partial charge >= 0.3 is 6.03 Å². The van der Waals surface area contributed by atoms with Gasteiger partial charge in [-0.2, -0.15) is 10.1 Å². The van der Waals surface area contributed by atoms with E-state index in [4.69, 9.17) is 10.1 Å². The standard InChI is InChI=1S/C25H39N9O/c1-18-22(17-34(30-18)20-9-14-31(2)16-20)28-24-27-15-21(19-7-8-19)23(29-24)26-10-6-13-33-12-5-4-11-32(3)25(33)35/h15,17,19-20H,4-14,16H2,1-3H3,(H2,26,27,28,29). The molecule has 3 fully saturated rings. The first-order chi connectivity index (χ1) is 17.0. The van der Waals surface area contributed by atoms with Crippen LogP contribution in [0.2, 0.25) is 0 Å². The smallest absolute Gasteiger partial charge is 0.319 e. The maximum atomic E-state index is 12.5. The number of likely N-dealkylation sites (N-methyl/N-ethyl adjacent to an activating group) is 1. The van der Waals surface area contributed by atoms with Crippen molar-refractivity contribution in [1.29, 1.82) is 0 Å². The molecular weight excluding hydrogens is 442 g/mol. The van der Waals surface area contributed by atoms with Crippen molar-refractivity contribution in [2.24, 2.45) is 0 Å². The molecule has 4 heterocycles. The van der Waals surface area contributed by atoms with E-state index in [1.807, 2.05) is 30.0 Å². The van der Waals surface area contributed by atoms with Gasteiger partial charge in [0, 0.05) is 57.7 Å². The first-order valence-corrected chi connectivity index (χ1v) is 13.1. The number of carbonyl (C=O) groups excluding carboxylic acids is 1. The molecule has 35 heavy (non-hydrogen) atoms. The van der Waals surface area contributed by atoms with E-state index in [2.05, 4.69) is 38.4 Å². The fourth-order valence-corrected chi connectivity index (χ4v) is 5.09. The quantitative estimate of drug-likeness (QED) is 0.530. The van der Waals surface area contributed by atoms with Crippen LogP contribution in [0, 0.1) is 6.92 Å². The molecule has 5 rings (SSSR count). The number of likely N-dealkylation sites (tertiary alicyclic amines) is 1. The van der Waals surface area contributed by atoms with Crippen molar-refractivity contribution in [2.45, 2.75) is 57.4 Å². The second kappa shape index (κ2) is 10.4. The summed E-state index contributed by atoms with van der Waals surface area (Å²) < 4.78 is 2.08. The number of aromatic nitrogens is 4. The SMILES string of the molecule is Cc1nn(C2CCN(C)C2)cc1Nc1ncc(C2CC2)c(NCCCN2CCCCN(C)C2=O)n1. The lowest BCUT2D eigenvalue weighted by Gasteiger charge is -2.24. The first-order valence-electron chi connectivity index (χ1n) is 13.1. The fraction of sp³-hybridized carbons (Fsp3) is 0.680. The van der Waals surface area contributed by atoms with Gasteiger partial charge in [-0.25, -0.2) is 9.78 Å². The van der Waals surface area contributed by atoms with Gasteiger partial charge in [0.25, 0.3) is 0 Å². The lowest BCUT2D eigenvalue weighted by Crippen LogP contribution is -2.40. The summed E-state index contributed by atoms with van der Waals surface area (Å²) >= 11 is 0. The largest absolute Gasteiger partial charge is 0.370 e. The number of hydrogen-bond donors (Lipinski definition) is 2. The molecule has 0 aromatic carbocycles. The molecule has 10 heteroatoms. The zero-order chi connectivity index (χ0) is 24.4. The summed E-state index contributed by atoms with van der Waals surface area (Å²) in [6.45, 7) is 7.40. The van der Waals surface area contributed by atoms with Crippen LogP contribution in [0.1, 0.15) is 61.7 Å². The maximum absolute atomic E-state index is 12.5. The molecule has 2 amide bonds. The van der Waals surface area contributed by atoms with E-state index in [-0.39, 0.29) is 6.03 Å². The lowest BCUT2D eigenvalue weighted by molar-refractivity contribution is 0.172. The van der Waals surface area contributed by atoms with Gasteiger partial charge in [0.05, 0.1) is 17.4 Å². The lowest BCUT2D eigenvalue weighted by atomic mass is 10.2. The molecule has 0 spiro atoms.